The Morgan fingerprint density at radius 3 is 2.15 bits per heavy atom. The third kappa shape index (κ3) is 4.85. The predicted octanol–water partition coefficient (Wildman–Crippen LogP) is 0.960. The molecule has 0 heterocycles. The second kappa shape index (κ2) is 4.07. The van der Waals surface area contributed by atoms with E-state index in [0.717, 1.165) is 0 Å². The van der Waals surface area contributed by atoms with Crippen LogP contribution >= 0.6 is 0 Å². The van der Waals surface area contributed by atoms with E-state index in [0.29, 0.717) is 6.42 Å². The van der Waals surface area contributed by atoms with Gasteiger partial charge in [-0.05, 0) is 34.1 Å². The molecule has 1 unspecified atom stereocenters. The van der Waals surface area contributed by atoms with Gasteiger partial charge in [0, 0.05) is 0 Å². The topological polar surface area (TPSA) is 64.4 Å². The van der Waals surface area contributed by atoms with Crippen molar-refractivity contribution in [1.29, 1.82) is 0 Å². The zero-order valence-corrected chi connectivity index (χ0v) is 9.10. The monoisotopic (exact) mass is 188 g/mol. The highest BCUT2D eigenvalue weighted by atomic mass is 16.7. The molecule has 0 fully saturated rings. The van der Waals surface area contributed by atoms with Crippen molar-refractivity contribution in [2.24, 2.45) is 5.73 Å². The molecule has 0 saturated carbocycles. The lowest BCUT2D eigenvalue weighted by atomic mass is 10.0. The number of amides is 1. The van der Waals surface area contributed by atoms with Crippen LogP contribution in [-0.2, 0) is 9.63 Å². The number of carbonyl (C=O) groups excluding carboxylic acids is 1. The molecule has 13 heavy (non-hydrogen) atoms. The van der Waals surface area contributed by atoms with E-state index in [4.69, 9.17) is 10.6 Å². The molecule has 0 aliphatic carbocycles. The summed E-state index contributed by atoms with van der Waals surface area (Å²) in [7, 11) is 0. The van der Waals surface area contributed by atoms with Gasteiger partial charge in [0.05, 0.1) is 11.1 Å². The number of nitrogens with one attached hydrogen (secondary N) is 1. The molecule has 0 aliphatic heterocycles. The summed E-state index contributed by atoms with van der Waals surface area (Å²) in [5.41, 5.74) is 6.80. The normalized spacial score (nSPS) is 16.5. The summed E-state index contributed by atoms with van der Waals surface area (Å²) in [6, 6.07) is 0. The van der Waals surface area contributed by atoms with Gasteiger partial charge in [-0.25, -0.2) is 5.48 Å². The van der Waals surface area contributed by atoms with E-state index >= 15 is 0 Å². The van der Waals surface area contributed by atoms with E-state index in [2.05, 4.69) is 5.48 Å². The summed E-state index contributed by atoms with van der Waals surface area (Å²) in [4.78, 5) is 16.5. The van der Waals surface area contributed by atoms with E-state index in [9.17, 15) is 4.79 Å². The summed E-state index contributed by atoms with van der Waals surface area (Å²) < 4.78 is 0. The fourth-order valence-corrected chi connectivity index (χ4v) is 0.477. The third-order valence-corrected chi connectivity index (χ3v) is 1.70. The first kappa shape index (κ1) is 12.4. The third-order valence-electron chi connectivity index (χ3n) is 1.70. The zero-order chi connectivity index (χ0) is 10.7. The Hall–Kier alpha value is -0.610. The summed E-state index contributed by atoms with van der Waals surface area (Å²) in [6.07, 6.45) is 0.576. The minimum atomic E-state index is -0.856. The number of hydrogen-bond donors (Lipinski definition) is 2. The van der Waals surface area contributed by atoms with Crippen molar-refractivity contribution in [3.05, 3.63) is 0 Å². The van der Waals surface area contributed by atoms with Gasteiger partial charge in [0.15, 0.2) is 0 Å². The first-order valence-corrected chi connectivity index (χ1v) is 4.46. The molecule has 3 N–H and O–H groups in total. The van der Waals surface area contributed by atoms with Crippen LogP contribution in [0, 0.1) is 0 Å². The Bertz CT molecular complexity index is 183. The van der Waals surface area contributed by atoms with Crippen molar-refractivity contribution in [2.45, 2.75) is 52.2 Å². The van der Waals surface area contributed by atoms with Gasteiger partial charge in [-0.2, -0.15) is 0 Å². The number of rotatable bonds is 3. The predicted molar refractivity (Wildman–Crippen MR) is 51.9 cm³/mol. The van der Waals surface area contributed by atoms with Crippen molar-refractivity contribution in [3.63, 3.8) is 0 Å². The maximum Gasteiger partial charge on any atom is 0.263 e. The largest absolute Gasteiger partial charge is 0.318 e. The highest BCUT2D eigenvalue weighted by Gasteiger charge is 2.27. The molecule has 1 amide bonds. The first-order chi connectivity index (χ1) is 5.69. The highest BCUT2D eigenvalue weighted by molar-refractivity contribution is 5.84. The summed E-state index contributed by atoms with van der Waals surface area (Å²) in [5.74, 6) is -0.287. The van der Waals surface area contributed by atoms with Gasteiger partial charge in [0.2, 0.25) is 0 Å². The molecule has 0 radical (unpaired) electrons. The smallest absolute Gasteiger partial charge is 0.263 e. The van der Waals surface area contributed by atoms with Crippen LogP contribution in [0.5, 0.6) is 0 Å². The van der Waals surface area contributed by atoms with Crippen molar-refractivity contribution >= 4 is 5.91 Å². The van der Waals surface area contributed by atoms with Crippen LogP contribution in [0.2, 0.25) is 0 Å². The average molecular weight is 188 g/mol. The molecular weight excluding hydrogens is 168 g/mol. The fraction of sp³-hybridized carbons (Fsp3) is 0.889. The molecule has 0 aromatic heterocycles. The molecule has 4 heteroatoms. The summed E-state index contributed by atoms with van der Waals surface area (Å²) in [6.45, 7) is 9.10. The van der Waals surface area contributed by atoms with Crippen LogP contribution in [0.3, 0.4) is 0 Å². The van der Waals surface area contributed by atoms with Gasteiger partial charge in [-0.3, -0.25) is 9.63 Å². The first-order valence-electron chi connectivity index (χ1n) is 4.46. The van der Waals surface area contributed by atoms with E-state index in [1.807, 2.05) is 27.7 Å². The molecule has 1 atom stereocenters. The lowest BCUT2D eigenvalue weighted by Gasteiger charge is -2.25. The molecule has 0 bridgehead atoms. The summed E-state index contributed by atoms with van der Waals surface area (Å²) in [5, 5.41) is 0. The molecule has 0 rings (SSSR count). The van der Waals surface area contributed by atoms with Crippen molar-refractivity contribution in [2.75, 3.05) is 0 Å². The Morgan fingerprint density at radius 2 is 1.85 bits per heavy atom. The molecule has 0 aromatic rings. The molecule has 78 valence electrons. The molecule has 0 spiro atoms. The maximum absolute atomic E-state index is 11.4. The van der Waals surface area contributed by atoms with Crippen molar-refractivity contribution in [3.8, 4) is 0 Å². The second-order valence-corrected chi connectivity index (χ2v) is 4.42. The minimum absolute atomic E-state index is 0.287. The van der Waals surface area contributed by atoms with Crippen LogP contribution in [0.4, 0.5) is 0 Å². The van der Waals surface area contributed by atoms with Crippen LogP contribution in [0.15, 0.2) is 0 Å². The summed E-state index contributed by atoms with van der Waals surface area (Å²) >= 11 is 0. The highest BCUT2D eigenvalue weighted by Crippen LogP contribution is 2.07. The lowest BCUT2D eigenvalue weighted by molar-refractivity contribution is -0.150. The fourth-order valence-electron chi connectivity index (χ4n) is 0.477. The van der Waals surface area contributed by atoms with Crippen molar-refractivity contribution < 1.29 is 9.63 Å². The van der Waals surface area contributed by atoms with Crippen LogP contribution in [0.25, 0.3) is 0 Å². The lowest BCUT2D eigenvalue weighted by Crippen LogP contribution is -2.52. The second-order valence-electron chi connectivity index (χ2n) is 4.42. The van der Waals surface area contributed by atoms with Crippen LogP contribution in [0.1, 0.15) is 41.0 Å². The van der Waals surface area contributed by atoms with Crippen LogP contribution in [-0.4, -0.2) is 17.0 Å². The number of nitrogens with two attached hydrogens (primary N) is 1. The maximum atomic E-state index is 11.4. The van der Waals surface area contributed by atoms with Gasteiger partial charge in [0.25, 0.3) is 5.91 Å². The Morgan fingerprint density at radius 1 is 1.38 bits per heavy atom. The average Bonchev–Trinajstić information content (AvgIpc) is 1.98. The minimum Gasteiger partial charge on any atom is -0.318 e. The van der Waals surface area contributed by atoms with E-state index in [1.165, 1.54) is 0 Å². The number of hydrogen-bond acceptors (Lipinski definition) is 3. The van der Waals surface area contributed by atoms with E-state index in [1.54, 1.807) is 6.92 Å². The SMILES string of the molecule is CCC(C)(N)C(=O)NOC(C)(C)C. The van der Waals surface area contributed by atoms with Crippen LogP contribution < -0.4 is 11.2 Å². The molecule has 0 aliphatic rings. The quantitative estimate of drug-likeness (QED) is 0.648. The van der Waals surface area contributed by atoms with Gasteiger partial charge in [0.1, 0.15) is 0 Å². The molecule has 4 nitrogen and oxygen atoms in total. The van der Waals surface area contributed by atoms with Gasteiger partial charge >= 0.3 is 0 Å². The Balaban J connectivity index is 4.03. The molecule has 0 saturated heterocycles. The molecule has 0 aromatic carbocycles. The standard InChI is InChI=1S/C9H20N2O2/c1-6-9(5,10)7(12)11-13-8(2,3)4/h6,10H2,1-5H3,(H,11,12). The van der Waals surface area contributed by atoms with Gasteiger partial charge in [-0.1, -0.05) is 6.92 Å². The Kier molecular flexibility index (Phi) is 3.88. The molecular formula is C9H20N2O2. The van der Waals surface area contributed by atoms with E-state index in [-0.39, 0.29) is 11.5 Å². The Labute approximate surface area is 79.8 Å². The number of carbonyl (C=O) groups is 1. The van der Waals surface area contributed by atoms with Gasteiger partial charge in [-0.15, -0.1) is 0 Å². The van der Waals surface area contributed by atoms with E-state index < -0.39 is 5.54 Å². The van der Waals surface area contributed by atoms with Crippen molar-refractivity contribution in [1.82, 2.24) is 5.48 Å². The zero-order valence-electron chi connectivity index (χ0n) is 9.10. The number of hydroxylamine groups is 1. The van der Waals surface area contributed by atoms with Gasteiger partial charge < -0.3 is 5.73 Å².